The number of aromatic amines is 1. The van der Waals surface area contributed by atoms with Crippen molar-refractivity contribution in [2.24, 2.45) is 5.92 Å². The molecule has 2 heterocycles. The number of piperidine rings is 1. The maximum absolute atomic E-state index is 13.3. The molecule has 0 aliphatic carbocycles. The third-order valence-corrected chi connectivity index (χ3v) is 8.73. The highest BCUT2D eigenvalue weighted by Gasteiger charge is 2.55. The molecule has 14 heteroatoms. The quantitative estimate of drug-likeness (QED) is 0.290. The SMILES string of the molecule is COCCOC(C)(C)CSCC1C(C)C(OC)CC[N+]1(OS(C)(=O)=O)c1nc2ccc(C(F)(F)F)cc2[nH]1. The van der Waals surface area contributed by atoms with E-state index >= 15 is 0 Å². The molecule has 3 rings (SSSR count). The number of ether oxygens (including phenoxy) is 3. The highest BCUT2D eigenvalue weighted by atomic mass is 32.2. The smallest absolute Gasteiger partial charge is 0.382 e. The zero-order chi connectivity index (χ0) is 28.4. The summed E-state index contributed by atoms with van der Waals surface area (Å²) in [6.45, 7) is 6.98. The summed E-state index contributed by atoms with van der Waals surface area (Å²) in [4.78, 5) is 7.48. The lowest BCUT2D eigenvalue weighted by Crippen LogP contribution is -2.67. The lowest BCUT2D eigenvalue weighted by Gasteiger charge is -2.46. The van der Waals surface area contributed by atoms with Crippen molar-refractivity contribution in [3.8, 4) is 0 Å². The van der Waals surface area contributed by atoms with Crippen LogP contribution in [-0.2, 0) is 34.8 Å². The third-order valence-electron chi connectivity index (χ3n) is 6.72. The van der Waals surface area contributed by atoms with Crippen LogP contribution in [0.1, 0.15) is 32.8 Å². The molecule has 4 atom stereocenters. The van der Waals surface area contributed by atoms with E-state index < -0.39 is 38.1 Å². The van der Waals surface area contributed by atoms with E-state index in [2.05, 4.69) is 9.97 Å². The van der Waals surface area contributed by atoms with Crippen molar-refractivity contribution in [2.75, 3.05) is 51.7 Å². The number of nitrogens with zero attached hydrogens (tertiary/aromatic N) is 2. The second-order valence-corrected chi connectivity index (χ2v) is 12.8. The zero-order valence-corrected chi connectivity index (χ0v) is 24.1. The maximum Gasteiger partial charge on any atom is 0.416 e. The average molecular weight is 585 g/mol. The van der Waals surface area contributed by atoms with E-state index in [0.29, 0.717) is 31.1 Å². The first-order valence-electron chi connectivity index (χ1n) is 12.2. The molecule has 216 valence electrons. The summed E-state index contributed by atoms with van der Waals surface area (Å²) in [5, 5.41) is 0. The molecule has 1 saturated heterocycles. The average Bonchev–Trinajstić information content (AvgIpc) is 3.24. The van der Waals surface area contributed by atoms with Gasteiger partial charge in [0.2, 0.25) is 0 Å². The first-order chi connectivity index (χ1) is 17.6. The van der Waals surface area contributed by atoms with Crippen molar-refractivity contribution in [1.82, 2.24) is 14.6 Å². The van der Waals surface area contributed by atoms with Gasteiger partial charge < -0.3 is 14.2 Å². The molecule has 2 aromatic rings. The number of imidazole rings is 1. The molecule has 0 bridgehead atoms. The topological polar surface area (TPSA) is 99.7 Å². The van der Waals surface area contributed by atoms with E-state index in [9.17, 15) is 21.6 Å². The molecule has 0 radical (unpaired) electrons. The number of hydrogen-bond acceptors (Lipinski definition) is 8. The molecule has 1 fully saturated rings. The van der Waals surface area contributed by atoms with Crippen LogP contribution in [0.2, 0.25) is 0 Å². The summed E-state index contributed by atoms with van der Waals surface area (Å²) in [5.74, 6) is 1.02. The number of quaternary nitrogens is 1. The molecule has 1 aromatic heterocycles. The van der Waals surface area contributed by atoms with Gasteiger partial charge in [0.25, 0.3) is 0 Å². The van der Waals surface area contributed by atoms with Gasteiger partial charge >= 0.3 is 22.2 Å². The van der Waals surface area contributed by atoms with Crippen molar-refractivity contribution >= 4 is 38.9 Å². The minimum atomic E-state index is -4.53. The van der Waals surface area contributed by atoms with Gasteiger partial charge in [0, 0.05) is 38.1 Å². The van der Waals surface area contributed by atoms with E-state index in [1.54, 1.807) is 26.0 Å². The van der Waals surface area contributed by atoms with Crippen LogP contribution in [0.15, 0.2) is 18.2 Å². The Balaban J connectivity index is 2.01. The van der Waals surface area contributed by atoms with Crippen LogP contribution in [-0.4, -0.2) is 87.9 Å². The van der Waals surface area contributed by atoms with Crippen LogP contribution in [0.4, 0.5) is 19.1 Å². The normalized spacial score (nSPS) is 25.2. The number of alkyl halides is 3. The second-order valence-electron chi connectivity index (χ2n) is 10.2. The van der Waals surface area contributed by atoms with E-state index in [-0.39, 0.29) is 35.5 Å². The molecule has 9 nitrogen and oxygen atoms in total. The molecule has 0 spiro atoms. The lowest BCUT2D eigenvalue weighted by molar-refractivity contribution is -0.144. The van der Waals surface area contributed by atoms with Crippen molar-refractivity contribution in [2.45, 2.75) is 51.1 Å². The Bertz CT molecular complexity index is 1190. The number of H-pyrrole nitrogens is 1. The van der Waals surface area contributed by atoms with Crippen LogP contribution in [0.25, 0.3) is 11.0 Å². The number of hydrogen-bond donors (Lipinski definition) is 1. The maximum atomic E-state index is 13.3. The van der Waals surface area contributed by atoms with Gasteiger partial charge in [0.1, 0.15) is 12.6 Å². The lowest BCUT2D eigenvalue weighted by atomic mass is 9.88. The first-order valence-corrected chi connectivity index (χ1v) is 15.2. The Morgan fingerprint density at radius 1 is 1.21 bits per heavy atom. The highest BCUT2D eigenvalue weighted by molar-refractivity contribution is 7.99. The highest BCUT2D eigenvalue weighted by Crippen LogP contribution is 2.40. The molecule has 1 aliphatic rings. The summed E-state index contributed by atoms with van der Waals surface area (Å²) in [7, 11) is -0.798. The predicted molar refractivity (Wildman–Crippen MR) is 141 cm³/mol. The molecular weight excluding hydrogens is 547 g/mol. The van der Waals surface area contributed by atoms with Gasteiger partial charge in [-0.25, -0.2) is 0 Å². The van der Waals surface area contributed by atoms with Crippen molar-refractivity contribution in [3.05, 3.63) is 23.8 Å². The molecule has 1 N–H and O–H groups in total. The van der Waals surface area contributed by atoms with Crippen LogP contribution >= 0.6 is 11.8 Å². The number of methoxy groups -OCH3 is 2. The molecule has 0 saturated carbocycles. The van der Waals surface area contributed by atoms with E-state index in [4.69, 9.17) is 18.5 Å². The number of hydroxylamine groups is 2. The van der Waals surface area contributed by atoms with E-state index in [1.807, 2.05) is 20.8 Å². The molecule has 1 aliphatic heterocycles. The van der Waals surface area contributed by atoms with Gasteiger partial charge in [-0.3, -0.25) is 4.98 Å². The Hall–Kier alpha value is -1.42. The largest absolute Gasteiger partial charge is 0.416 e. The number of fused-ring (bicyclic) bond motifs is 1. The zero-order valence-electron chi connectivity index (χ0n) is 22.5. The number of nitrogens with one attached hydrogen (secondary N) is 1. The summed E-state index contributed by atoms with van der Waals surface area (Å²) < 4.78 is 87.1. The summed E-state index contributed by atoms with van der Waals surface area (Å²) >= 11 is 1.57. The Morgan fingerprint density at radius 3 is 2.53 bits per heavy atom. The number of aromatic nitrogens is 2. The number of thioether (sulfide) groups is 1. The van der Waals surface area contributed by atoms with E-state index in [0.717, 1.165) is 18.4 Å². The van der Waals surface area contributed by atoms with E-state index in [1.165, 1.54) is 6.07 Å². The standard InChI is InChI=1S/C24H37F3N3O6S2/c1-16-20(14-37-15-23(2,3)35-12-11-33-4)30(36-38(6,31)32,10-9-21(16)34-5)22-28-18-8-7-17(24(25,26)27)13-19(18)29-22/h7-8,13,16,20-21H,9-12,14-15H2,1-6H3,(H,28,29)/q+1. The van der Waals surface area contributed by atoms with Crippen molar-refractivity contribution < 1.29 is 40.1 Å². The van der Waals surface area contributed by atoms with Gasteiger partial charge in [0.15, 0.2) is 0 Å². The second kappa shape index (κ2) is 12.0. The Morgan fingerprint density at radius 2 is 1.92 bits per heavy atom. The number of benzene rings is 1. The van der Waals surface area contributed by atoms with Crippen LogP contribution in [0.5, 0.6) is 0 Å². The minimum Gasteiger partial charge on any atom is -0.382 e. The number of rotatable bonds is 12. The van der Waals surface area contributed by atoms with Gasteiger partial charge in [-0.1, -0.05) is 15.9 Å². The molecule has 0 amide bonds. The van der Waals surface area contributed by atoms with Crippen molar-refractivity contribution in [3.63, 3.8) is 0 Å². The van der Waals surface area contributed by atoms with Gasteiger partial charge in [-0.15, -0.1) is 0 Å². The van der Waals surface area contributed by atoms with Crippen LogP contribution < -0.4 is 4.65 Å². The third kappa shape index (κ3) is 7.40. The number of halogens is 3. The Kier molecular flexibility index (Phi) is 9.81. The fourth-order valence-corrected chi connectivity index (χ4v) is 7.05. The molecule has 38 heavy (non-hydrogen) atoms. The fraction of sp³-hybridized carbons (Fsp3) is 0.708. The molecule has 4 unspecified atom stereocenters. The van der Waals surface area contributed by atoms with Crippen LogP contribution in [0.3, 0.4) is 0 Å². The molecule has 1 aromatic carbocycles. The van der Waals surface area contributed by atoms with Gasteiger partial charge in [-0.05, 0) is 32.0 Å². The predicted octanol–water partition coefficient (Wildman–Crippen LogP) is 4.38. The summed E-state index contributed by atoms with van der Waals surface area (Å²) in [6, 6.07) is 2.74. The van der Waals surface area contributed by atoms with Crippen LogP contribution in [0, 0.1) is 5.92 Å². The first kappa shape index (κ1) is 31.1. The minimum absolute atomic E-state index is 0.132. The van der Waals surface area contributed by atoms with Gasteiger partial charge in [-0.2, -0.15) is 38.3 Å². The summed E-state index contributed by atoms with van der Waals surface area (Å²) in [5.41, 5.74) is -0.874. The van der Waals surface area contributed by atoms with Crippen molar-refractivity contribution in [1.29, 1.82) is 0 Å². The Labute approximate surface area is 226 Å². The van der Waals surface area contributed by atoms with Gasteiger partial charge in [0.05, 0.1) is 47.8 Å². The fourth-order valence-electron chi connectivity index (χ4n) is 4.83. The molecular formula is C24H37F3N3O6S2+. The monoisotopic (exact) mass is 584 g/mol. The summed E-state index contributed by atoms with van der Waals surface area (Å²) in [6.07, 6.45) is -3.27.